The smallest absolute Gasteiger partial charge is 0.276 e. The minimum atomic E-state index is -0.612. The van der Waals surface area contributed by atoms with Crippen molar-refractivity contribution in [1.82, 2.24) is 25.8 Å². The molecule has 1 atom stereocenters. The summed E-state index contributed by atoms with van der Waals surface area (Å²) in [7, 11) is 1.69. The van der Waals surface area contributed by atoms with Gasteiger partial charge >= 0.3 is 0 Å². The first-order valence-corrected chi connectivity index (χ1v) is 10.4. The normalized spacial score (nSPS) is 12.8. The summed E-state index contributed by atoms with van der Waals surface area (Å²) in [5.74, 6) is 1.59. The number of benzene rings is 1. The summed E-state index contributed by atoms with van der Waals surface area (Å²) < 4.78 is 6.42. The molecule has 8 nitrogen and oxygen atoms in total. The van der Waals surface area contributed by atoms with Crippen LogP contribution in [0.5, 0.6) is 0 Å². The molecule has 0 aliphatic rings. The van der Waals surface area contributed by atoms with Crippen LogP contribution in [0.15, 0.2) is 64.2 Å². The number of pyridine rings is 1. The van der Waals surface area contributed by atoms with Gasteiger partial charge in [-0.25, -0.2) is 0 Å². The Bertz CT molecular complexity index is 1090. The number of guanidine groups is 1. The Labute approximate surface area is 177 Å². The van der Waals surface area contributed by atoms with E-state index in [1.807, 2.05) is 42.5 Å². The average Bonchev–Trinajstić information content (AvgIpc) is 3.43. The summed E-state index contributed by atoms with van der Waals surface area (Å²) in [6.45, 7) is 0.929. The van der Waals surface area contributed by atoms with Crippen LogP contribution in [0.25, 0.3) is 21.7 Å². The van der Waals surface area contributed by atoms with Crippen LogP contribution < -0.4 is 10.6 Å². The Morgan fingerprint density at radius 2 is 2.07 bits per heavy atom. The van der Waals surface area contributed by atoms with Gasteiger partial charge in [-0.3, -0.25) is 9.98 Å². The number of nitrogens with zero attached hydrogens (tertiary/aromatic N) is 4. The van der Waals surface area contributed by atoms with Crippen molar-refractivity contribution < 1.29 is 9.63 Å². The van der Waals surface area contributed by atoms with Crippen LogP contribution in [-0.4, -0.2) is 46.3 Å². The first-order valence-electron chi connectivity index (χ1n) is 9.58. The van der Waals surface area contributed by atoms with Gasteiger partial charge in [-0.1, -0.05) is 29.4 Å². The van der Waals surface area contributed by atoms with Gasteiger partial charge in [0.05, 0.1) is 0 Å². The third-order valence-electron chi connectivity index (χ3n) is 4.45. The highest BCUT2D eigenvalue weighted by Gasteiger charge is 2.13. The van der Waals surface area contributed by atoms with Gasteiger partial charge in [-0.15, -0.1) is 11.3 Å². The molecule has 0 fully saturated rings. The molecule has 0 amide bonds. The third kappa shape index (κ3) is 4.81. The molecule has 3 heterocycles. The van der Waals surface area contributed by atoms with Gasteiger partial charge in [-0.2, -0.15) is 4.98 Å². The highest BCUT2D eigenvalue weighted by molar-refractivity contribution is 7.19. The molecule has 0 spiro atoms. The van der Waals surface area contributed by atoms with Crippen LogP contribution in [0.2, 0.25) is 0 Å². The molecule has 1 unspecified atom stereocenters. The summed E-state index contributed by atoms with van der Waals surface area (Å²) in [5, 5.41) is 22.0. The number of hydrogen-bond donors (Lipinski definition) is 3. The number of nitrogens with one attached hydrogen (secondary N) is 2. The minimum absolute atomic E-state index is 0.360. The largest absolute Gasteiger partial charge is 0.386 e. The van der Waals surface area contributed by atoms with Gasteiger partial charge in [-0.05, 0) is 29.7 Å². The van der Waals surface area contributed by atoms with Gasteiger partial charge < -0.3 is 20.3 Å². The Hall–Kier alpha value is -3.30. The average molecular weight is 423 g/mol. The molecule has 0 aliphatic carbocycles. The molecule has 4 rings (SSSR count). The van der Waals surface area contributed by atoms with E-state index < -0.39 is 6.10 Å². The number of aliphatic hydroxyl groups is 1. The highest BCUT2D eigenvalue weighted by atomic mass is 32.1. The molecule has 9 heteroatoms. The number of thiophene rings is 1. The van der Waals surface area contributed by atoms with Crippen molar-refractivity contribution in [2.75, 3.05) is 20.1 Å². The number of aromatic nitrogens is 3. The molecule has 30 heavy (non-hydrogen) atoms. The van der Waals surface area contributed by atoms with Gasteiger partial charge in [0.25, 0.3) is 5.89 Å². The van der Waals surface area contributed by atoms with Crippen LogP contribution in [0.3, 0.4) is 0 Å². The maximum Gasteiger partial charge on any atom is 0.276 e. The molecule has 0 radical (unpaired) electrons. The highest BCUT2D eigenvalue weighted by Crippen LogP contribution is 2.29. The first-order chi connectivity index (χ1) is 14.7. The summed E-state index contributed by atoms with van der Waals surface area (Å²) in [6, 6.07) is 15.7. The van der Waals surface area contributed by atoms with E-state index in [4.69, 9.17) is 4.52 Å². The zero-order valence-electron chi connectivity index (χ0n) is 16.4. The monoisotopic (exact) mass is 422 g/mol. The molecule has 3 aromatic heterocycles. The lowest BCUT2D eigenvalue weighted by atomic mass is 10.2. The molecule has 3 N–H and O–H groups in total. The lowest BCUT2D eigenvalue weighted by Crippen LogP contribution is -2.40. The zero-order valence-corrected chi connectivity index (χ0v) is 17.3. The van der Waals surface area contributed by atoms with E-state index in [9.17, 15) is 5.11 Å². The van der Waals surface area contributed by atoms with Crippen molar-refractivity contribution >= 4 is 27.4 Å². The molecule has 0 aliphatic heterocycles. The molecule has 0 saturated heterocycles. The lowest BCUT2D eigenvalue weighted by Gasteiger charge is -2.14. The van der Waals surface area contributed by atoms with Gasteiger partial charge in [0.2, 0.25) is 0 Å². The lowest BCUT2D eigenvalue weighted by molar-refractivity contribution is 0.184. The number of hydrogen-bond acceptors (Lipinski definition) is 7. The standard InChI is InChI=1S/C21H22N6O2S/c1-22-21(25-13-16(28)18-12-14-6-2-3-8-17(14)30-18)24-11-9-19-26-20(29-27-19)15-7-4-5-10-23-15/h2-8,10,12,16,28H,9,11,13H2,1H3,(H2,22,24,25). The predicted molar refractivity (Wildman–Crippen MR) is 117 cm³/mol. The van der Waals surface area contributed by atoms with Crippen molar-refractivity contribution in [3.8, 4) is 11.6 Å². The third-order valence-corrected chi connectivity index (χ3v) is 5.67. The van der Waals surface area contributed by atoms with Crippen molar-refractivity contribution in [3.05, 3.63) is 65.4 Å². The van der Waals surface area contributed by atoms with E-state index in [1.165, 1.54) is 4.70 Å². The maximum atomic E-state index is 10.5. The van der Waals surface area contributed by atoms with Crippen molar-refractivity contribution in [2.45, 2.75) is 12.5 Å². The molecule has 4 aromatic rings. The molecular formula is C21H22N6O2S. The van der Waals surface area contributed by atoms with Crippen LogP contribution in [0.4, 0.5) is 0 Å². The summed E-state index contributed by atoms with van der Waals surface area (Å²) in [5.41, 5.74) is 0.650. The van der Waals surface area contributed by atoms with E-state index >= 15 is 0 Å². The fourth-order valence-electron chi connectivity index (χ4n) is 2.92. The summed E-state index contributed by atoms with van der Waals surface area (Å²) in [4.78, 5) is 13.7. The topological polar surface area (TPSA) is 108 Å². The zero-order chi connectivity index (χ0) is 20.8. The number of rotatable bonds is 7. The van der Waals surface area contributed by atoms with E-state index in [0.717, 1.165) is 10.3 Å². The van der Waals surface area contributed by atoms with Crippen LogP contribution >= 0.6 is 11.3 Å². The number of aliphatic hydroxyl groups excluding tert-OH is 1. The second-order valence-corrected chi connectivity index (χ2v) is 7.68. The summed E-state index contributed by atoms with van der Waals surface area (Å²) in [6.07, 6.45) is 1.64. The van der Waals surface area contributed by atoms with E-state index in [-0.39, 0.29) is 0 Å². The van der Waals surface area contributed by atoms with Crippen LogP contribution in [0, 0.1) is 0 Å². The van der Waals surface area contributed by atoms with Crippen LogP contribution in [-0.2, 0) is 6.42 Å². The quantitative estimate of drug-likeness (QED) is 0.310. The van der Waals surface area contributed by atoms with Gasteiger partial charge in [0, 0.05) is 42.3 Å². The van der Waals surface area contributed by atoms with Crippen LogP contribution in [0.1, 0.15) is 16.8 Å². The van der Waals surface area contributed by atoms with Crippen molar-refractivity contribution in [3.63, 3.8) is 0 Å². The number of fused-ring (bicyclic) bond motifs is 1. The molecule has 1 aromatic carbocycles. The Balaban J connectivity index is 1.25. The van der Waals surface area contributed by atoms with E-state index in [0.29, 0.717) is 42.9 Å². The second-order valence-electron chi connectivity index (χ2n) is 6.56. The Kier molecular flexibility index (Phi) is 6.31. The Morgan fingerprint density at radius 3 is 2.87 bits per heavy atom. The predicted octanol–water partition coefficient (Wildman–Crippen LogP) is 2.79. The van der Waals surface area contributed by atoms with Crippen molar-refractivity contribution in [2.24, 2.45) is 4.99 Å². The van der Waals surface area contributed by atoms with Gasteiger partial charge in [0.1, 0.15) is 11.8 Å². The fourth-order valence-corrected chi connectivity index (χ4v) is 3.97. The molecule has 0 saturated carbocycles. The summed E-state index contributed by atoms with van der Waals surface area (Å²) >= 11 is 1.60. The fraction of sp³-hybridized carbons (Fsp3) is 0.238. The van der Waals surface area contributed by atoms with E-state index in [1.54, 1.807) is 24.6 Å². The first kappa shape index (κ1) is 20.0. The SMILES string of the molecule is CN=C(NCCc1noc(-c2ccccn2)n1)NCC(O)c1cc2ccccc2s1. The van der Waals surface area contributed by atoms with Crippen molar-refractivity contribution in [1.29, 1.82) is 0 Å². The molecule has 154 valence electrons. The van der Waals surface area contributed by atoms with Gasteiger partial charge in [0.15, 0.2) is 11.8 Å². The Morgan fingerprint density at radius 1 is 1.20 bits per heavy atom. The second kappa shape index (κ2) is 9.47. The number of aliphatic imine (C=N–C) groups is 1. The molecule has 0 bridgehead atoms. The molecular weight excluding hydrogens is 400 g/mol. The minimum Gasteiger partial charge on any atom is -0.386 e. The van der Waals surface area contributed by atoms with E-state index in [2.05, 4.69) is 36.8 Å². The maximum absolute atomic E-state index is 10.5.